The van der Waals surface area contributed by atoms with Crippen LogP contribution in [-0.4, -0.2) is 12.6 Å². The summed E-state index contributed by atoms with van der Waals surface area (Å²) in [6.45, 7) is 5.95. The normalized spacial score (nSPS) is 15.0. The number of nitrogens with zero attached hydrogens (tertiary/aromatic N) is 2. The van der Waals surface area contributed by atoms with Crippen molar-refractivity contribution in [2.24, 2.45) is 0 Å². The zero-order valence-corrected chi connectivity index (χ0v) is 19.7. The van der Waals surface area contributed by atoms with Gasteiger partial charge in [-0.05, 0) is 36.3 Å². The highest BCUT2D eigenvalue weighted by atomic mass is 16.1. The molecule has 0 spiro atoms. The molecule has 1 aromatic heterocycles. The fourth-order valence-corrected chi connectivity index (χ4v) is 4.93. The quantitative estimate of drug-likeness (QED) is 0.425. The Bertz CT molecular complexity index is 1560. The summed E-state index contributed by atoms with van der Waals surface area (Å²) in [5, 5.41) is 1.71. The van der Waals surface area contributed by atoms with Crippen molar-refractivity contribution in [3.8, 4) is 0 Å². The first-order chi connectivity index (χ1) is 16.6. The van der Waals surface area contributed by atoms with Crippen LogP contribution in [0.25, 0.3) is 29.1 Å². The number of fused-ring (bicyclic) bond motifs is 2. The summed E-state index contributed by atoms with van der Waals surface area (Å²) in [4.78, 5) is 28.4. The van der Waals surface area contributed by atoms with Crippen LogP contribution in [0.1, 0.15) is 37.9 Å². The van der Waals surface area contributed by atoms with Gasteiger partial charge in [0.1, 0.15) is 6.54 Å². The van der Waals surface area contributed by atoms with Crippen LogP contribution in [0, 0.1) is 0 Å². The Kier molecular flexibility index (Phi) is 5.97. The highest BCUT2D eigenvalue weighted by Gasteiger charge is 2.22. The predicted molar refractivity (Wildman–Crippen MR) is 140 cm³/mol. The third-order valence-electron chi connectivity index (χ3n) is 6.57. The second-order valence-electron chi connectivity index (χ2n) is 8.87. The molecule has 0 amide bonds. The molecule has 0 bridgehead atoms. The molecule has 34 heavy (non-hydrogen) atoms. The summed E-state index contributed by atoms with van der Waals surface area (Å²) < 4.78 is 2.19. The van der Waals surface area contributed by atoms with Gasteiger partial charge in [0.2, 0.25) is 22.1 Å². The van der Waals surface area contributed by atoms with Crippen molar-refractivity contribution in [2.45, 2.75) is 39.3 Å². The maximum Gasteiger partial charge on any atom is 0.212 e. The van der Waals surface area contributed by atoms with Crippen LogP contribution in [0.5, 0.6) is 0 Å². The van der Waals surface area contributed by atoms with Gasteiger partial charge in [-0.15, -0.1) is 0 Å². The summed E-state index contributed by atoms with van der Waals surface area (Å²) in [7, 11) is 0. The van der Waals surface area contributed by atoms with Crippen molar-refractivity contribution in [1.29, 1.82) is 0 Å². The van der Waals surface area contributed by atoms with E-state index in [1.807, 2.05) is 42.5 Å². The molecular weight excluding hydrogens is 420 g/mol. The van der Waals surface area contributed by atoms with Crippen LogP contribution < -0.4 is 30.8 Å². The average molecular weight is 450 g/mol. The van der Waals surface area contributed by atoms with E-state index in [4.69, 9.17) is 0 Å². The van der Waals surface area contributed by atoms with E-state index in [-0.39, 0.29) is 22.1 Å². The van der Waals surface area contributed by atoms with E-state index in [2.05, 4.69) is 59.7 Å². The lowest BCUT2D eigenvalue weighted by atomic mass is 10.00. The topological polar surface area (TPSA) is 41.3 Å². The molecule has 1 unspecified atom stereocenters. The first kappa shape index (κ1) is 22.0. The number of para-hydroxylation sites is 2. The Morgan fingerprint density at radius 3 is 2.44 bits per heavy atom. The first-order valence-corrected chi connectivity index (χ1v) is 12.1. The second-order valence-corrected chi connectivity index (χ2v) is 8.87. The lowest BCUT2D eigenvalue weighted by Gasteiger charge is -2.34. The van der Waals surface area contributed by atoms with Crippen molar-refractivity contribution in [3.63, 3.8) is 0 Å². The molecule has 0 saturated carbocycles. The third kappa shape index (κ3) is 3.79. The van der Waals surface area contributed by atoms with Crippen LogP contribution in [0.3, 0.4) is 0 Å². The van der Waals surface area contributed by atoms with Crippen LogP contribution in [0.2, 0.25) is 0 Å². The van der Waals surface area contributed by atoms with Crippen LogP contribution >= 0.6 is 0 Å². The van der Waals surface area contributed by atoms with E-state index in [1.165, 1.54) is 0 Å². The standard InChI is InChI=1S/C30H29N2O2/c1-3-17-31-23(15-13-21-9-5-7-11-27(21)31)19-25-29(33)26(30(25)34)20-24-16-14-22-10-6-8-12-28(22)32(24)18-4-2/h5-16,19-20,23H,3-4,17-18H2,1-2H3/q+1. The average Bonchev–Trinajstić information content (AvgIpc) is 2.87. The van der Waals surface area contributed by atoms with Crippen LogP contribution in [-0.2, 0) is 6.54 Å². The minimum absolute atomic E-state index is 0.106. The number of benzene rings is 2. The van der Waals surface area contributed by atoms with Gasteiger partial charge < -0.3 is 4.90 Å². The summed E-state index contributed by atoms with van der Waals surface area (Å²) >= 11 is 0. The Morgan fingerprint density at radius 1 is 0.882 bits per heavy atom. The zero-order valence-electron chi connectivity index (χ0n) is 19.7. The smallest absolute Gasteiger partial charge is 0.212 e. The minimum Gasteiger partial charge on any atom is -0.361 e. The molecule has 4 heteroatoms. The molecular formula is C30H29N2O2+. The van der Waals surface area contributed by atoms with Gasteiger partial charge in [-0.3, -0.25) is 9.59 Å². The maximum absolute atomic E-state index is 13.1. The molecule has 5 rings (SSSR count). The van der Waals surface area contributed by atoms with Gasteiger partial charge in [0, 0.05) is 42.2 Å². The minimum atomic E-state index is -0.162. The molecule has 0 fully saturated rings. The number of aryl methyl sites for hydroxylation is 1. The first-order valence-electron chi connectivity index (χ1n) is 12.1. The van der Waals surface area contributed by atoms with E-state index in [0.717, 1.165) is 53.8 Å². The van der Waals surface area contributed by atoms with E-state index >= 15 is 0 Å². The van der Waals surface area contributed by atoms with Crippen molar-refractivity contribution in [2.75, 3.05) is 11.4 Å². The number of hydrogen-bond acceptors (Lipinski definition) is 3. The SMILES string of the molecule is CCCN1c2ccccc2C=CC1C=c1c(=O)c(=Cc2ccc3ccccc3[n+]2CCC)c1=O. The maximum atomic E-state index is 13.1. The molecule has 4 nitrogen and oxygen atoms in total. The molecule has 0 aliphatic carbocycles. The van der Waals surface area contributed by atoms with Gasteiger partial charge >= 0.3 is 0 Å². The van der Waals surface area contributed by atoms with Crippen molar-refractivity contribution < 1.29 is 4.57 Å². The van der Waals surface area contributed by atoms with Gasteiger partial charge in [0.25, 0.3) is 0 Å². The molecule has 2 heterocycles. The Hall–Kier alpha value is -3.79. The van der Waals surface area contributed by atoms with Gasteiger partial charge in [-0.25, -0.2) is 0 Å². The molecule has 3 aromatic carbocycles. The summed E-state index contributed by atoms with van der Waals surface area (Å²) in [5.74, 6) is 0. The summed E-state index contributed by atoms with van der Waals surface area (Å²) in [6.07, 6.45) is 9.70. The zero-order chi connectivity index (χ0) is 23.7. The lowest BCUT2D eigenvalue weighted by Crippen LogP contribution is -2.65. The molecule has 4 aromatic rings. The van der Waals surface area contributed by atoms with Crippen molar-refractivity contribution in [1.82, 2.24) is 0 Å². The van der Waals surface area contributed by atoms with Gasteiger partial charge in [-0.2, -0.15) is 4.57 Å². The van der Waals surface area contributed by atoms with E-state index in [1.54, 1.807) is 6.08 Å². The Labute approximate surface area is 199 Å². The fourth-order valence-electron chi connectivity index (χ4n) is 4.93. The van der Waals surface area contributed by atoms with E-state index < -0.39 is 0 Å². The van der Waals surface area contributed by atoms with E-state index in [0.29, 0.717) is 5.22 Å². The molecule has 0 saturated heterocycles. The fraction of sp³-hybridized carbons (Fsp3) is 0.233. The predicted octanol–water partition coefficient (Wildman–Crippen LogP) is 3.05. The number of hydrogen-bond donors (Lipinski definition) is 0. The van der Waals surface area contributed by atoms with Crippen molar-refractivity contribution >= 4 is 34.8 Å². The Morgan fingerprint density at radius 2 is 1.65 bits per heavy atom. The highest BCUT2D eigenvalue weighted by molar-refractivity contribution is 5.76. The van der Waals surface area contributed by atoms with Crippen molar-refractivity contribution in [3.05, 3.63) is 109 Å². The molecule has 1 aliphatic heterocycles. The lowest BCUT2D eigenvalue weighted by molar-refractivity contribution is -0.673. The summed E-state index contributed by atoms with van der Waals surface area (Å²) in [6, 6.07) is 20.4. The molecule has 0 N–H and O–H groups in total. The monoisotopic (exact) mass is 449 g/mol. The number of aromatic nitrogens is 1. The van der Waals surface area contributed by atoms with Crippen LogP contribution in [0.15, 0.2) is 76.3 Å². The highest BCUT2D eigenvalue weighted by Crippen LogP contribution is 2.29. The molecule has 1 aliphatic rings. The summed E-state index contributed by atoms with van der Waals surface area (Å²) in [5.41, 5.74) is 3.97. The molecule has 170 valence electrons. The largest absolute Gasteiger partial charge is 0.361 e. The number of pyridine rings is 1. The number of anilines is 1. The van der Waals surface area contributed by atoms with Gasteiger partial charge in [-0.1, -0.05) is 56.3 Å². The molecule has 1 atom stereocenters. The molecule has 0 radical (unpaired) electrons. The van der Waals surface area contributed by atoms with Crippen LogP contribution in [0.4, 0.5) is 5.69 Å². The second kappa shape index (κ2) is 9.22. The Balaban J connectivity index is 1.58. The van der Waals surface area contributed by atoms with Gasteiger partial charge in [0.05, 0.1) is 16.5 Å². The van der Waals surface area contributed by atoms with Gasteiger partial charge in [0.15, 0.2) is 0 Å². The third-order valence-corrected chi connectivity index (χ3v) is 6.57. The number of rotatable bonds is 6. The van der Waals surface area contributed by atoms with E-state index in [9.17, 15) is 9.59 Å².